The summed E-state index contributed by atoms with van der Waals surface area (Å²) < 4.78 is 60.3. The number of nitrogens with zero attached hydrogens (tertiary/aromatic N) is 5. The average Bonchev–Trinajstić information content (AvgIpc) is 4.06. The number of benzene rings is 9. The van der Waals surface area contributed by atoms with Crippen LogP contribution in [0.3, 0.4) is 0 Å². The van der Waals surface area contributed by atoms with E-state index >= 15 is 0 Å². The van der Waals surface area contributed by atoms with Gasteiger partial charge in [0.25, 0.3) is 0 Å². The minimum absolute atomic E-state index is 0.0273. The van der Waals surface area contributed by atoms with E-state index in [4.69, 9.17) is 20.4 Å². The van der Waals surface area contributed by atoms with Crippen LogP contribution in [0.15, 0.2) is 212 Å². The second-order valence-corrected chi connectivity index (χ2v) is 16.6. The highest BCUT2D eigenvalue weighted by molar-refractivity contribution is 7.26. The molecule has 0 N–H and O–H groups in total. The van der Waals surface area contributed by atoms with Gasteiger partial charge in [-0.15, -0.1) is 11.3 Å². The third-order valence-electron chi connectivity index (χ3n) is 11.9. The van der Waals surface area contributed by atoms with E-state index in [0.717, 1.165) is 69.9 Å². The minimum atomic E-state index is -0.168. The summed E-state index contributed by atoms with van der Waals surface area (Å²) in [6.07, 6.45) is 0. The van der Waals surface area contributed by atoms with Crippen LogP contribution in [0.25, 0.3) is 120 Å². The molecule has 0 atom stereocenters. The van der Waals surface area contributed by atoms with Crippen molar-refractivity contribution in [1.29, 1.82) is 0 Å². The Morgan fingerprint density at radius 3 is 1.75 bits per heavy atom. The van der Waals surface area contributed by atoms with Crippen molar-refractivity contribution in [2.24, 2.45) is 0 Å². The maximum atomic E-state index is 9.31. The Morgan fingerprint density at radius 2 is 0.984 bits per heavy atom. The van der Waals surface area contributed by atoms with E-state index in [2.05, 4.69) is 83.4 Å². The van der Waals surface area contributed by atoms with Crippen molar-refractivity contribution in [3.63, 3.8) is 0 Å². The van der Waals surface area contributed by atoms with Crippen LogP contribution in [0.4, 0.5) is 0 Å². The zero-order valence-electron chi connectivity index (χ0n) is 39.4. The molecule has 0 fully saturated rings. The second-order valence-electron chi connectivity index (χ2n) is 15.5. The first-order chi connectivity index (χ1) is 33.7. The topological polar surface area (TPSA) is 48.5 Å². The fraction of sp³-hybridized carbons (Fsp3) is 0. The molecule has 294 valence electrons. The summed E-state index contributed by atoms with van der Waals surface area (Å²) >= 11 is 1.68. The Labute approximate surface area is 374 Å². The normalized spacial score (nSPS) is 13.1. The molecule has 6 heteroatoms. The molecule has 0 saturated heterocycles. The van der Waals surface area contributed by atoms with Gasteiger partial charge in [0.2, 0.25) is 0 Å². The number of hydrogen-bond acceptors (Lipinski definition) is 4. The standard InChI is InChI=1S/C57H35N5S/c1-3-16-36(17-4-1)55-58-56(60-57(59-55)38-30-32-43-42-22-7-11-26-48(42)61(52(43)35-38)39-18-5-2-6-19-39)37-31-33-51(62-49-27-12-8-20-40(49)41-21-9-13-28-50(41)62)47(34-37)46-25-15-24-45-44-23-10-14-29-53(44)63-54(45)46/h1-35H/i8D,9D,20D,21D,27D,28D. The number of aromatic nitrogens is 5. The highest BCUT2D eigenvalue weighted by Crippen LogP contribution is 2.44. The summed E-state index contributed by atoms with van der Waals surface area (Å²) in [5.74, 6) is 1.43. The molecule has 0 aliphatic rings. The number of rotatable bonds is 6. The molecule has 13 aromatic rings. The Hall–Kier alpha value is -8.19. The predicted molar refractivity (Wildman–Crippen MR) is 263 cm³/mol. The summed E-state index contributed by atoms with van der Waals surface area (Å²) in [7, 11) is 0. The second kappa shape index (κ2) is 14.2. The Kier molecular flexibility index (Phi) is 6.75. The molecule has 4 heterocycles. The van der Waals surface area contributed by atoms with Crippen molar-refractivity contribution in [3.05, 3.63) is 212 Å². The number of fused-ring (bicyclic) bond motifs is 9. The van der Waals surface area contributed by atoms with Crippen molar-refractivity contribution < 1.29 is 8.22 Å². The van der Waals surface area contributed by atoms with Crippen molar-refractivity contribution in [2.45, 2.75) is 0 Å². The molecule has 0 unspecified atom stereocenters. The van der Waals surface area contributed by atoms with E-state index in [-0.39, 0.29) is 58.1 Å². The highest BCUT2D eigenvalue weighted by Gasteiger charge is 2.21. The minimum Gasteiger partial charge on any atom is -0.309 e. The van der Waals surface area contributed by atoms with Gasteiger partial charge in [0.1, 0.15) is 0 Å². The zero-order chi connectivity index (χ0) is 46.7. The Morgan fingerprint density at radius 1 is 0.381 bits per heavy atom. The van der Waals surface area contributed by atoms with Crippen LogP contribution >= 0.6 is 11.3 Å². The maximum Gasteiger partial charge on any atom is 0.164 e. The molecule has 0 saturated carbocycles. The summed E-state index contributed by atoms with van der Waals surface area (Å²) in [5, 5.41) is 4.84. The molecule has 0 radical (unpaired) electrons. The monoisotopic (exact) mass is 827 g/mol. The molecule has 0 amide bonds. The number of para-hydroxylation sites is 4. The molecular weight excluding hydrogens is 787 g/mol. The number of thiophene rings is 1. The van der Waals surface area contributed by atoms with E-state index in [9.17, 15) is 2.74 Å². The SMILES string of the molecule is [2H]c1cc([2H])c2c(c1[2H])c1c([2H])c([2H])cc([2H])c1n2-c1ccc(-c2nc(-c3ccccc3)nc(-c3ccc4c5ccccc5n(-c5ccccc5)c4c3)n2)cc1-c1cccc2c1sc1ccccc12. The van der Waals surface area contributed by atoms with Crippen LogP contribution in [0.2, 0.25) is 0 Å². The molecule has 0 aliphatic carbocycles. The van der Waals surface area contributed by atoms with Gasteiger partial charge in [0, 0.05) is 75.2 Å². The van der Waals surface area contributed by atoms with E-state index < -0.39 is 0 Å². The van der Waals surface area contributed by atoms with Gasteiger partial charge in [0.15, 0.2) is 17.5 Å². The van der Waals surface area contributed by atoms with Crippen LogP contribution in [0.5, 0.6) is 0 Å². The molecule has 0 bridgehead atoms. The van der Waals surface area contributed by atoms with Gasteiger partial charge in [-0.1, -0.05) is 152 Å². The lowest BCUT2D eigenvalue weighted by atomic mass is 9.98. The van der Waals surface area contributed by atoms with Crippen molar-refractivity contribution in [3.8, 4) is 56.7 Å². The summed E-state index contributed by atoms with van der Waals surface area (Å²) in [4.78, 5) is 15.6. The molecule has 0 spiro atoms. The van der Waals surface area contributed by atoms with E-state index in [1.54, 1.807) is 15.9 Å². The smallest absolute Gasteiger partial charge is 0.164 e. The molecule has 4 aromatic heterocycles. The fourth-order valence-corrected chi connectivity index (χ4v) is 10.3. The van der Waals surface area contributed by atoms with Gasteiger partial charge < -0.3 is 9.13 Å². The summed E-state index contributed by atoms with van der Waals surface area (Å²) in [6, 6.07) is 57.4. The first kappa shape index (κ1) is 29.9. The zero-order valence-corrected chi connectivity index (χ0v) is 34.2. The Bertz CT molecular complexity index is 4210. The van der Waals surface area contributed by atoms with Gasteiger partial charge in [-0.05, 0) is 60.6 Å². The lowest BCUT2D eigenvalue weighted by Gasteiger charge is -2.17. The first-order valence-electron chi connectivity index (χ1n) is 23.7. The third kappa shape index (κ3) is 5.66. The quantitative estimate of drug-likeness (QED) is 0.168. The van der Waals surface area contributed by atoms with Crippen LogP contribution in [-0.4, -0.2) is 24.1 Å². The van der Waals surface area contributed by atoms with Gasteiger partial charge >= 0.3 is 0 Å². The Balaban J connectivity index is 1.10. The van der Waals surface area contributed by atoms with Gasteiger partial charge in [0.05, 0.1) is 36.0 Å². The maximum absolute atomic E-state index is 9.31. The molecule has 0 aliphatic heterocycles. The summed E-state index contributed by atoms with van der Waals surface area (Å²) in [6.45, 7) is 0. The summed E-state index contributed by atoms with van der Waals surface area (Å²) in [5.41, 5.74) is 8.27. The first-order valence-corrected chi connectivity index (χ1v) is 21.5. The van der Waals surface area contributed by atoms with Gasteiger partial charge in [-0.2, -0.15) is 0 Å². The lowest BCUT2D eigenvalue weighted by molar-refractivity contribution is 1.07. The van der Waals surface area contributed by atoms with Gasteiger partial charge in [-0.3, -0.25) is 0 Å². The predicted octanol–water partition coefficient (Wildman–Crippen LogP) is 15.1. The van der Waals surface area contributed by atoms with E-state index in [1.807, 2.05) is 84.9 Å². The van der Waals surface area contributed by atoms with Crippen LogP contribution < -0.4 is 0 Å². The average molecular weight is 828 g/mol. The molecule has 13 rings (SSSR count). The van der Waals surface area contributed by atoms with Gasteiger partial charge in [-0.25, -0.2) is 15.0 Å². The lowest BCUT2D eigenvalue weighted by Crippen LogP contribution is -2.02. The largest absolute Gasteiger partial charge is 0.309 e. The number of hydrogen-bond donors (Lipinski definition) is 0. The molecule has 9 aromatic carbocycles. The van der Waals surface area contributed by atoms with Crippen molar-refractivity contribution >= 4 is 75.1 Å². The van der Waals surface area contributed by atoms with E-state index in [1.165, 1.54) is 12.1 Å². The molecule has 63 heavy (non-hydrogen) atoms. The molecule has 5 nitrogen and oxygen atoms in total. The van der Waals surface area contributed by atoms with Crippen molar-refractivity contribution in [1.82, 2.24) is 24.1 Å². The van der Waals surface area contributed by atoms with Crippen LogP contribution in [-0.2, 0) is 0 Å². The fourth-order valence-electron chi connectivity index (χ4n) is 9.12. The van der Waals surface area contributed by atoms with Crippen LogP contribution in [0, 0.1) is 0 Å². The van der Waals surface area contributed by atoms with Crippen molar-refractivity contribution in [2.75, 3.05) is 0 Å². The van der Waals surface area contributed by atoms with E-state index in [0.29, 0.717) is 28.7 Å². The third-order valence-corrected chi connectivity index (χ3v) is 13.2. The highest BCUT2D eigenvalue weighted by atomic mass is 32.1. The molecular formula is C57H35N5S. The van der Waals surface area contributed by atoms with Crippen LogP contribution in [0.1, 0.15) is 8.22 Å².